The quantitative estimate of drug-likeness (QED) is 0.182. The molecule has 1 unspecified atom stereocenters. The molecule has 2 aliphatic heterocycles. The fourth-order valence-electron chi connectivity index (χ4n) is 8.25. The number of rotatable bonds is 12. The lowest BCUT2D eigenvalue weighted by molar-refractivity contribution is -0.138. The topological polar surface area (TPSA) is 146 Å². The maximum absolute atomic E-state index is 13.7. The molecule has 13 nitrogen and oxygen atoms in total. The van der Waals surface area contributed by atoms with E-state index in [0.717, 1.165) is 62.7 Å². The van der Waals surface area contributed by atoms with E-state index in [2.05, 4.69) is 15.5 Å². The zero-order chi connectivity index (χ0) is 38.9. The number of hydrogen-bond donors (Lipinski definition) is 2. The molecule has 8 rings (SSSR count). The smallest absolute Gasteiger partial charge is 0.274 e. The summed E-state index contributed by atoms with van der Waals surface area (Å²) in [5.74, 6) is 0.429. The van der Waals surface area contributed by atoms with E-state index in [-0.39, 0.29) is 42.1 Å². The second kappa shape index (κ2) is 16.2. The number of pyridine rings is 1. The summed E-state index contributed by atoms with van der Waals surface area (Å²) < 4.78 is 35.0. The van der Waals surface area contributed by atoms with Gasteiger partial charge in [-0.2, -0.15) is 5.10 Å². The highest BCUT2D eigenvalue weighted by atomic mass is 19.1. The number of amides is 3. The number of fused-ring (bicyclic) bond motifs is 1. The standard InChI is InChI=1S/C42H49FN6O7/c1-25(2)55-38-21-35-28(19-32(38)40(51)44-34-4-3-15-48(42(34)53)36-20-33(36)43)23-49(46-35)29-9-5-27(6-10-29)22-47-16-17-54-24-30(47)18-26-7-11-31(12-8-26)56-37-13-14-39(50)45-41(37)52/h3-4,7-8,11-12,15,19,21,23,25,27,29-30,33,36-37H,5-6,9-10,13-14,16-18,20,22,24H2,1-2H3,(H,44,51)(H,45,50,52)/t27?,29?,30-,33+,36-,37?/m0/s1. The van der Waals surface area contributed by atoms with Crippen LogP contribution in [-0.2, 0) is 20.7 Å². The van der Waals surface area contributed by atoms with Crippen molar-refractivity contribution >= 4 is 34.3 Å². The van der Waals surface area contributed by atoms with Gasteiger partial charge in [-0.1, -0.05) is 12.1 Å². The third kappa shape index (κ3) is 8.51. The van der Waals surface area contributed by atoms with Crippen molar-refractivity contribution < 1.29 is 33.0 Å². The zero-order valence-electron chi connectivity index (χ0n) is 31.8. The molecule has 4 aliphatic rings. The lowest BCUT2D eigenvalue weighted by Gasteiger charge is -2.39. The van der Waals surface area contributed by atoms with E-state index < -0.39 is 29.8 Å². The number of ether oxygens (including phenoxy) is 3. The zero-order valence-corrected chi connectivity index (χ0v) is 31.8. The minimum absolute atomic E-state index is 0.0934. The van der Waals surface area contributed by atoms with E-state index in [0.29, 0.717) is 42.4 Å². The van der Waals surface area contributed by atoms with Crippen molar-refractivity contribution in [2.45, 2.75) is 102 Å². The summed E-state index contributed by atoms with van der Waals surface area (Å²) in [5.41, 5.74) is 1.87. The summed E-state index contributed by atoms with van der Waals surface area (Å²) in [4.78, 5) is 52.8. The summed E-state index contributed by atoms with van der Waals surface area (Å²) in [5, 5.41) is 10.8. The Labute approximate surface area is 324 Å². The molecule has 2 aromatic heterocycles. The molecule has 4 aromatic rings. The van der Waals surface area contributed by atoms with E-state index in [1.54, 1.807) is 24.4 Å². The van der Waals surface area contributed by atoms with Crippen LogP contribution >= 0.6 is 0 Å². The average molecular weight is 769 g/mol. The second-order valence-electron chi connectivity index (χ2n) is 15.9. The van der Waals surface area contributed by atoms with Gasteiger partial charge < -0.3 is 24.1 Å². The Morgan fingerprint density at radius 1 is 1.07 bits per heavy atom. The van der Waals surface area contributed by atoms with Crippen LogP contribution in [0, 0.1) is 5.92 Å². The van der Waals surface area contributed by atoms with Crippen LogP contribution in [0.15, 0.2) is 65.7 Å². The number of anilines is 1. The summed E-state index contributed by atoms with van der Waals surface area (Å²) in [6.07, 6.45) is 7.59. The Hall–Kier alpha value is -5.08. The fraction of sp³-hybridized carbons (Fsp3) is 0.500. The molecule has 0 radical (unpaired) electrons. The molecule has 4 heterocycles. The SMILES string of the molecule is CC(C)Oc1cc2nn(C3CCC(CN4CCOC[C@@H]4Cc4ccc(OC5CCC(=O)NC5=O)cc4)CC3)cc2cc1C(=O)Nc1cccn([C@H]2C[C@H]2F)c1=O. The minimum atomic E-state index is -1.05. The molecule has 56 heavy (non-hydrogen) atoms. The van der Waals surface area contributed by atoms with Gasteiger partial charge in [-0.15, -0.1) is 0 Å². The number of carbonyl (C=O) groups is 3. The van der Waals surface area contributed by atoms with Crippen molar-refractivity contribution in [1.29, 1.82) is 0 Å². The molecule has 2 saturated heterocycles. The highest BCUT2D eigenvalue weighted by Crippen LogP contribution is 2.38. The number of halogens is 1. The lowest BCUT2D eigenvalue weighted by Crippen LogP contribution is -2.48. The molecular weight excluding hydrogens is 719 g/mol. The average Bonchev–Trinajstić information content (AvgIpc) is 3.76. The van der Waals surface area contributed by atoms with Gasteiger partial charge in [0.1, 0.15) is 23.4 Å². The number of alkyl halides is 1. The molecule has 4 fully saturated rings. The first-order chi connectivity index (χ1) is 27.1. The maximum Gasteiger partial charge on any atom is 0.274 e. The van der Waals surface area contributed by atoms with Crippen LogP contribution in [0.4, 0.5) is 10.1 Å². The van der Waals surface area contributed by atoms with Crippen molar-refractivity contribution in [3.63, 3.8) is 0 Å². The van der Waals surface area contributed by atoms with E-state index in [4.69, 9.17) is 19.3 Å². The number of nitrogens with zero attached hydrogens (tertiary/aromatic N) is 4. The van der Waals surface area contributed by atoms with Crippen LogP contribution in [0.2, 0.25) is 0 Å². The number of aromatic nitrogens is 3. The highest BCUT2D eigenvalue weighted by molar-refractivity contribution is 6.08. The normalized spacial score (nSPS) is 25.6. The van der Waals surface area contributed by atoms with Gasteiger partial charge in [0, 0.05) is 62.2 Å². The van der Waals surface area contributed by atoms with Gasteiger partial charge in [-0.25, -0.2) is 4.39 Å². The van der Waals surface area contributed by atoms with Crippen LogP contribution in [0.25, 0.3) is 10.9 Å². The maximum atomic E-state index is 13.7. The van der Waals surface area contributed by atoms with Crippen molar-refractivity contribution in [3.8, 4) is 11.5 Å². The molecule has 0 spiro atoms. The van der Waals surface area contributed by atoms with E-state index in [9.17, 15) is 23.6 Å². The molecular formula is C42H49FN6O7. The summed E-state index contributed by atoms with van der Waals surface area (Å²) in [6.45, 7) is 7.07. The van der Waals surface area contributed by atoms with Gasteiger partial charge >= 0.3 is 0 Å². The number of morpholine rings is 1. The molecule has 2 saturated carbocycles. The summed E-state index contributed by atoms with van der Waals surface area (Å²) in [6, 6.07) is 14.6. The summed E-state index contributed by atoms with van der Waals surface area (Å²) in [7, 11) is 0. The van der Waals surface area contributed by atoms with E-state index in [1.165, 1.54) is 16.2 Å². The minimum Gasteiger partial charge on any atom is -0.490 e. The largest absolute Gasteiger partial charge is 0.490 e. The van der Waals surface area contributed by atoms with Gasteiger partial charge in [0.15, 0.2) is 6.10 Å². The third-order valence-electron chi connectivity index (χ3n) is 11.4. The highest BCUT2D eigenvalue weighted by Gasteiger charge is 2.40. The molecule has 4 atom stereocenters. The van der Waals surface area contributed by atoms with Gasteiger partial charge in [-0.3, -0.25) is 34.1 Å². The van der Waals surface area contributed by atoms with E-state index in [1.807, 2.05) is 49.0 Å². The first-order valence-corrected chi connectivity index (χ1v) is 19.8. The Balaban J connectivity index is 0.885. The molecule has 2 aromatic carbocycles. The molecule has 2 N–H and O–H groups in total. The molecule has 296 valence electrons. The Morgan fingerprint density at radius 2 is 1.86 bits per heavy atom. The van der Waals surface area contributed by atoms with Crippen LogP contribution in [-0.4, -0.2) is 87.7 Å². The number of imide groups is 1. The first-order valence-electron chi connectivity index (χ1n) is 19.8. The number of piperidine rings is 1. The predicted octanol–water partition coefficient (Wildman–Crippen LogP) is 5.38. The van der Waals surface area contributed by atoms with E-state index >= 15 is 0 Å². The molecule has 2 aliphatic carbocycles. The van der Waals surface area contributed by atoms with Crippen LogP contribution < -0.4 is 25.7 Å². The van der Waals surface area contributed by atoms with Crippen LogP contribution in [0.3, 0.4) is 0 Å². The first kappa shape index (κ1) is 37.8. The van der Waals surface area contributed by atoms with Crippen molar-refractivity contribution in [2.75, 3.05) is 31.6 Å². The van der Waals surface area contributed by atoms with Gasteiger partial charge in [0.05, 0.1) is 42.5 Å². The van der Waals surface area contributed by atoms with Gasteiger partial charge in [0.25, 0.3) is 17.4 Å². The van der Waals surface area contributed by atoms with Gasteiger partial charge in [0.2, 0.25) is 5.91 Å². The van der Waals surface area contributed by atoms with Crippen LogP contribution in [0.1, 0.15) is 86.8 Å². The Bertz CT molecular complexity index is 2140. The van der Waals surface area contributed by atoms with Crippen LogP contribution in [0.5, 0.6) is 11.5 Å². The number of nitrogens with one attached hydrogen (secondary N) is 2. The summed E-state index contributed by atoms with van der Waals surface area (Å²) >= 11 is 0. The molecule has 14 heteroatoms. The number of benzene rings is 2. The Kier molecular flexibility index (Phi) is 10.9. The molecule has 3 amide bonds. The Morgan fingerprint density at radius 3 is 2.59 bits per heavy atom. The second-order valence-corrected chi connectivity index (χ2v) is 15.9. The van der Waals surface area contributed by atoms with Crippen molar-refractivity contribution in [3.05, 3.63) is 82.4 Å². The third-order valence-corrected chi connectivity index (χ3v) is 11.4. The van der Waals surface area contributed by atoms with Crippen molar-refractivity contribution in [2.24, 2.45) is 5.92 Å². The number of hydrogen-bond acceptors (Lipinski definition) is 9. The van der Waals surface area contributed by atoms with Crippen molar-refractivity contribution in [1.82, 2.24) is 24.6 Å². The fourth-order valence-corrected chi connectivity index (χ4v) is 8.25. The molecule has 0 bridgehead atoms. The lowest BCUT2D eigenvalue weighted by atomic mass is 9.85. The monoisotopic (exact) mass is 768 g/mol. The van der Waals surface area contributed by atoms with Gasteiger partial charge in [-0.05, 0) is 87.8 Å². The number of carbonyl (C=O) groups excluding carboxylic acids is 3. The predicted molar refractivity (Wildman–Crippen MR) is 207 cm³/mol.